The number of nitrogens with one attached hydrogen (secondary N) is 1. The van der Waals surface area contributed by atoms with Crippen molar-refractivity contribution in [2.24, 2.45) is 11.8 Å². The molecule has 1 aliphatic carbocycles. The second-order valence-corrected chi connectivity index (χ2v) is 7.92. The third-order valence-electron chi connectivity index (χ3n) is 5.89. The van der Waals surface area contributed by atoms with Crippen molar-refractivity contribution in [1.82, 2.24) is 10.2 Å². The number of likely N-dealkylation sites (tertiary alicyclic amines) is 1. The Morgan fingerprint density at radius 3 is 2.58 bits per heavy atom. The van der Waals surface area contributed by atoms with E-state index in [2.05, 4.69) is 23.5 Å². The average Bonchev–Trinajstić information content (AvgIpc) is 3.37. The molecule has 1 aromatic carbocycles. The second kappa shape index (κ2) is 6.90. The van der Waals surface area contributed by atoms with E-state index in [1.807, 2.05) is 12.1 Å². The number of hydrogen-bond acceptors (Lipinski definition) is 5. The van der Waals surface area contributed by atoms with Crippen molar-refractivity contribution < 1.29 is 9.59 Å². The highest BCUT2D eigenvalue weighted by molar-refractivity contribution is 7.80. The number of hydrogen-bond donors (Lipinski definition) is 1. The summed E-state index contributed by atoms with van der Waals surface area (Å²) in [5, 5.41) is 12.4. The third kappa shape index (κ3) is 2.85. The van der Waals surface area contributed by atoms with Crippen LogP contribution in [0.3, 0.4) is 0 Å². The molecule has 6 heteroatoms. The number of nitriles is 1. The van der Waals surface area contributed by atoms with Crippen LogP contribution in [-0.4, -0.2) is 46.6 Å². The lowest BCUT2D eigenvalue weighted by atomic mass is 9.85. The Bertz CT molecular complexity index is 791. The molecule has 0 saturated carbocycles. The van der Waals surface area contributed by atoms with Crippen LogP contribution in [0.2, 0.25) is 0 Å². The van der Waals surface area contributed by atoms with Gasteiger partial charge < -0.3 is 10.2 Å². The maximum absolute atomic E-state index is 13.2. The van der Waals surface area contributed by atoms with Gasteiger partial charge in [0.1, 0.15) is 17.9 Å². The van der Waals surface area contributed by atoms with Gasteiger partial charge in [0.25, 0.3) is 0 Å². The molecule has 2 aliphatic heterocycles. The lowest BCUT2D eigenvalue weighted by Crippen LogP contribution is -2.50. The van der Waals surface area contributed by atoms with E-state index in [-0.39, 0.29) is 23.7 Å². The molecule has 4 rings (SSSR count). The first kappa shape index (κ1) is 17.3. The Labute approximate surface area is 158 Å². The predicted molar refractivity (Wildman–Crippen MR) is 101 cm³/mol. The minimum Gasteiger partial charge on any atom is -0.325 e. The van der Waals surface area contributed by atoms with Gasteiger partial charge in [-0.3, -0.25) is 9.59 Å². The van der Waals surface area contributed by atoms with E-state index in [9.17, 15) is 14.9 Å². The summed E-state index contributed by atoms with van der Waals surface area (Å²) in [5.41, 5.74) is 2.43. The number of thiocarbonyl (C=S) groups is 1. The Morgan fingerprint density at radius 1 is 1.23 bits per heavy atom. The minimum atomic E-state index is -0.618. The Morgan fingerprint density at radius 2 is 1.92 bits per heavy atom. The molecule has 1 amide bonds. The van der Waals surface area contributed by atoms with Crippen LogP contribution >= 0.6 is 12.2 Å². The van der Waals surface area contributed by atoms with E-state index in [1.165, 1.54) is 11.1 Å². The fourth-order valence-electron chi connectivity index (χ4n) is 4.53. The molecule has 0 radical (unpaired) electrons. The Kier molecular flexibility index (Phi) is 4.60. The molecule has 5 nitrogen and oxygen atoms in total. The fourth-order valence-corrected chi connectivity index (χ4v) is 4.87. The fraction of sp³-hybridized carbons (Fsp3) is 0.500. The summed E-state index contributed by atoms with van der Waals surface area (Å²) < 4.78 is 0. The highest BCUT2D eigenvalue weighted by atomic mass is 32.1. The molecule has 2 saturated heterocycles. The van der Waals surface area contributed by atoms with E-state index in [0.29, 0.717) is 24.4 Å². The maximum Gasteiger partial charge on any atom is 0.241 e. The molecule has 2 heterocycles. The number of carbonyl (C=O) groups is 2. The summed E-state index contributed by atoms with van der Waals surface area (Å²) in [7, 11) is 0. The summed E-state index contributed by atoms with van der Waals surface area (Å²) >= 11 is 5.45. The van der Waals surface area contributed by atoms with Gasteiger partial charge in [-0.05, 0) is 36.8 Å². The summed E-state index contributed by atoms with van der Waals surface area (Å²) in [6, 6.07) is 9.32. The van der Waals surface area contributed by atoms with E-state index in [4.69, 9.17) is 12.2 Å². The van der Waals surface area contributed by atoms with Gasteiger partial charge in [-0.15, -0.1) is 0 Å². The molecule has 2 fully saturated rings. The molecule has 0 spiro atoms. The van der Waals surface area contributed by atoms with Gasteiger partial charge in [0, 0.05) is 23.9 Å². The zero-order valence-electron chi connectivity index (χ0n) is 14.5. The van der Waals surface area contributed by atoms with Gasteiger partial charge in [0.05, 0.1) is 12.0 Å². The zero-order valence-corrected chi connectivity index (χ0v) is 15.3. The minimum absolute atomic E-state index is 0.0715. The third-order valence-corrected chi connectivity index (χ3v) is 6.29. The predicted octanol–water partition coefficient (Wildman–Crippen LogP) is 1.44. The number of ketones is 1. The van der Waals surface area contributed by atoms with Crippen LogP contribution in [0, 0.1) is 23.2 Å². The summed E-state index contributed by atoms with van der Waals surface area (Å²) in [6.45, 7) is 0.991. The summed E-state index contributed by atoms with van der Waals surface area (Å²) in [6.07, 6.45) is 2.98. The van der Waals surface area contributed by atoms with Crippen molar-refractivity contribution in [2.45, 2.75) is 37.8 Å². The average molecular weight is 367 g/mol. The van der Waals surface area contributed by atoms with E-state index < -0.39 is 12.0 Å². The largest absolute Gasteiger partial charge is 0.325 e. The molecule has 0 aromatic heterocycles. The van der Waals surface area contributed by atoms with Crippen molar-refractivity contribution in [3.8, 4) is 6.07 Å². The Balaban J connectivity index is 1.53. The van der Waals surface area contributed by atoms with Gasteiger partial charge in [-0.2, -0.15) is 5.26 Å². The molecule has 1 aromatic rings. The lowest BCUT2D eigenvalue weighted by Gasteiger charge is -2.27. The molecule has 134 valence electrons. The van der Waals surface area contributed by atoms with Crippen LogP contribution in [0.5, 0.6) is 0 Å². The highest BCUT2D eigenvalue weighted by Crippen LogP contribution is 2.32. The SMILES string of the molecule is N#C[C@@H]1CCCN1C(=O)[C@H]1NCC(=S)C1C(=O)C1Cc2ccccc2C1. The van der Waals surface area contributed by atoms with Gasteiger partial charge in [0.2, 0.25) is 5.91 Å². The second-order valence-electron chi connectivity index (χ2n) is 7.40. The molecule has 0 bridgehead atoms. The highest BCUT2D eigenvalue weighted by Gasteiger charge is 2.47. The zero-order chi connectivity index (χ0) is 18.3. The van der Waals surface area contributed by atoms with Gasteiger partial charge in [0.15, 0.2) is 0 Å². The van der Waals surface area contributed by atoms with Gasteiger partial charge in [-0.25, -0.2) is 0 Å². The van der Waals surface area contributed by atoms with E-state index >= 15 is 0 Å². The van der Waals surface area contributed by atoms with E-state index in [1.54, 1.807) is 4.90 Å². The number of amides is 1. The van der Waals surface area contributed by atoms with Crippen molar-refractivity contribution in [3.63, 3.8) is 0 Å². The van der Waals surface area contributed by atoms with Crippen LogP contribution in [0.25, 0.3) is 0 Å². The number of benzene rings is 1. The number of nitrogens with zero attached hydrogens (tertiary/aromatic N) is 2. The number of carbonyl (C=O) groups excluding carboxylic acids is 2. The van der Waals surface area contributed by atoms with Crippen molar-refractivity contribution >= 4 is 28.8 Å². The standard InChI is InChI=1S/C20H21N3O2S/c21-10-15-6-3-7-23(15)20(25)18-17(16(26)11-22-18)19(24)14-8-12-4-1-2-5-13(12)9-14/h1-2,4-5,14-15,17-18,22H,3,6-9,11H2/t15-,17?,18-/m0/s1. The van der Waals surface area contributed by atoms with Crippen LogP contribution in [0.1, 0.15) is 24.0 Å². The van der Waals surface area contributed by atoms with Crippen molar-refractivity contribution in [2.75, 3.05) is 13.1 Å². The van der Waals surface area contributed by atoms with Crippen LogP contribution in [0.15, 0.2) is 24.3 Å². The molecule has 1 N–H and O–H groups in total. The smallest absolute Gasteiger partial charge is 0.241 e. The van der Waals surface area contributed by atoms with Crippen molar-refractivity contribution in [1.29, 1.82) is 5.26 Å². The number of fused-ring (bicyclic) bond motifs is 1. The van der Waals surface area contributed by atoms with Crippen molar-refractivity contribution in [3.05, 3.63) is 35.4 Å². The maximum atomic E-state index is 13.2. The van der Waals surface area contributed by atoms with Crippen LogP contribution in [0.4, 0.5) is 0 Å². The van der Waals surface area contributed by atoms with Gasteiger partial charge >= 0.3 is 0 Å². The summed E-state index contributed by atoms with van der Waals surface area (Å²) in [5.74, 6) is -0.752. The molecule has 1 unspecified atom stereocenters. The first-order chi connectivity index (χ1) is 12.6. The molecule has 3 atom stereocenters. The monoisotopic (exact) mass is 367 g/mol. The first-order valence-corrected chi connectivity index (χ1v) is 9.57. The summed E-state index contributed by atoms with van der Waals surface area (Å²) in [4.78, 5) is 28.5. The number of rotatable bonds is 3. The number of Topliss-reactive ketones (excluding diaryl/α,β-unsaturated/α-hetero) is 1. The first-order valence-electron chi connectivity index (χ1n) is 9.17. The Hall–Kier alpha value is -2.10. The van der Waals surface area contributed by atoms with E-state index in [0.717, 1.165) is 19.3 Å². The molecule has 26 heavy (non-hydrogen) atoms. The van der Waals surface area contributed by atoms with Crippen LogP contribution < -0.4 is 5.32 Å². The van der Waals surface area contributed by atoms with Gasteiger partial charge in [-0.1, -0.05) is 36.5 Å². The lowest BCUT2D eigenvalue weighted by molar-refractivity contribution is -0.137. The quantitative estimate of drug-likeness (QED) is 0.819. The topological polar surface area (TPSA) is 73.2 Å². The molecular formula is C20H21N3O2S. The molecular weight excluding hydrogens is 346 g/mol. The van der Waals surface area contributed by atoms with Crippen LogP contribution in [-0.2, 0) is 22.4 Å². The normalized spacial score (nSPS) is 28.2. The molecule has 3 aliphatic rings.